The van der Waals surface area contributed by atoms with Gasteiger partial charge < -0.3 is 24.8 Å². The predicted molar refractivity (Wildman–Crippen MR) is 179 cm³/mol. The number of carboxylic acid groups (broad SMARTS) is 1. The number of rotatable bonds is 13. The molecule has 0 radical (unpaired) electrons. The van der Waals surface area contributed by atoms with Crippen LogP contribution in [0, 0.1) is 5.95 Å². The van der Waals surface area contributed by atoms with Gasteiger partial charge in [-0.15, -0.1) is 5.10 Å². The van der Waals surface area contributed by atoms with E-state index < -0.39 is 30.9 Å². The lowest BCUT2D eigenvalue weighted by molar-refractivity contribution is -0.123. The molecule has 10 nitrogen and oxygen atoms in total. The van der Waals surface area contributed by atoms with Gasteiger partial charge in [0.2, 0.25) is 17.7 Å². The van der Waals surface area contributed by atoms with Gasteiger partial charge in [-0.3, -0.25) is 4.79 Å². The molecular weight excluding hydrogens is 658 g/mol. The summed E-state index contributed by atoms with van der Waals surface area (Å²) in [5.41, 5.74) is 1.65. The number of benzene rings is 2. The van der Waals surface area contributed by atoms with E-state index in [0.717, 1.165) is 17.7 Å². The number of aromatic nitrogens is 3. The minimum atomic E-state index is -4.57. The monoisotopic (exact) mass is 695 g/mol. The van der Waals surface area contributed by atoms with Crippen molar-refractivity contribution in [2.75, 3.05) is 33.4 Å². The maximum atomic E-state index is 15.3. The summed E-state index contributed by atoms with van der Waals surface area (Å²) in [5, 5.41) is 16.2. The number of alkyl halides is 3. The third kappa shape index (κ3) is 9.26. The zero-order chi connectivity index (χ0) is 35.7. The molecule has 0 bridgehead atoms. The third-order valence-electron chi connectivity index (χ3n) is 8.17. The van der Waals surface area contributed by atoms with Gasteiger partial charge in [-0.05, 0) is 72.2 Å². The topological polar surface area (TPSA) is 119 Å². The highest BCUT2D eigenvalue weighted by Crippen LogP contribution is 2.40. The summed E-state index contributed by atoms with van der Waals surface area (Å²) in [4.78, 5) is 28.5. The summed E-state index contributed by atoms with van der Waals surface area (Å²) in [6.45, 7) is 0.617. The number of allylic oxidation sites excluding steroid dienone is 1. The Morgan fingerprint density at radius 2 is 1.86 bits per heavy atom. The standard InChI is InChI=1S/C36H37F4N5O5/c1-41-30(46)11-5-7-17-44(35(47)48)18-20-49-31-16-14-26(23-42-31)33(28(22-36(38,39)40)24-9-3-2-4-10-24)25-13-15-29-27(21-25)34(37)43-45(29)32-12-6-8-19-50-32/h2-5,9-11,13-16,21,23,32H,6-8,12,17-20,22H2,1H3,(H,41,46)(H,47,48)/b11-5+,33-28-. The quantitative estimate of drug-likeness (QED) is 0.0861. The second-order valence-electron chi connectivity index (χ2n) is 11.6. The Kier molecular flexibility index (Phi) is 11.9. The molecule has 50 heavy (non-hydrogen) atoms. The Balaban J connectivity index is 1.46. The zero-order valence-corrected chi connectivity index (χ0v) is 27.3. The smallest absolute Gasteiger partial charge is 0.407 e. The van der Waals surface area contributed by atoms with Crippen molar-refractivity contribution in [2.45, 2.75) is 44.5 Å². The van der Waals surface area contributed by atoms with Crippen molar-refractivity contribution in [2.24, 2.45) is 0 Å². The molecule has 1 saturated heterocycles. The number of nitrogens with zero attached hydrogens (tertiary/aromatic N) is 4. The SMILES string of the molecule is CNC(=O)/C=C/CCN(CCOc1ccc(/C(=C(/CC(F)(F)F)c2ccccc2)c2ccc3c(c2)c(F)nn3C2CCCCO2)cn1)C(=O)O. The van der Waals surface area contributed by atoms with Crippen molar-refractivity contribution in [1.82, 2.24) is 25.0 Å². The number of carbonyl (C=O) groups is 2. The molecule has 0 spiro atoms. The number of carbonyl (C=O) groups excluding carboxylic acids is 1. The van der Waals surface area contributed by atoms with Crippen LogP contribution in [0.25, 0.3) is 22.0 Å². The largest absolute Gasteiger partial charge is 0.476 e. The molecule has 264 valence electrons. The van der Waals surface area contributed by atoms with Crippen LogP contribution in [0.1, 0.15) is 55.0 Å². The van der Waals surface area contributed by atoms with Gasteiger partial charge in [0.05, 0.1) is 23.9 Å². The minimum absolute atomic E-state index is 0.00657. The lowest BCUT2D eigenvalue weighted by Gasteiger charge is -2.23. The van der Waals surface area contributed by atoms with Crippen molar-refractivity contribution >= 4 is 34.0 Å². The first-order valence-electron chi connectivity index (χ1n) is 16.1. The van der Waals surface area contributed by atoms with Crippen LogP contribution in [0.2, 0.25) is 0 Å². The summed E-state index contributed by atoms with van der Waals surface area (Å²) < 4.78 is 70.8. The van der Waals surface area contributed by atoms with Crippen LogP contribution in [0.5, 0.6) is 5.88 Å². The molecule has 2 amide bonds. The van der Waals surface area contributed by atoms with E-state index in [9.17, 15) is 27.9 Å². The third-order valence-corrected chi connectivity index (χ3v) is 8.17. The molecule has 1 fully saturated rings. The van der Waals surface area contributed by atoms with Crippen LogP contribution in [0.15, 0.2) is 79.0 Å². The zero-order valence-electron chi connectivity index (χ0n) is 27.3. The summed E-state index contributed by atoms with van der Waals surface area (Å²) >= 11 is 0. The van der Waals surface area contributed by atoms with Crippen molar-refractivity contribution < 1.29 is 41.7 Å². The van der Waals surface area contributed by atoms with Crippen molar-refractivity contribution in [3.8, 4) is 5.88 Å². The van der Waals surface area contributed by atoms with Crippen LogP contribution in [0.4, 0.5) is 22.4 Å². The number of nitrogens with one attached hydrogen (secondary N) is 1. The Bertz CT molecular complexity index is 1840. The number of ether oxygens (including phenoxy) is 2. The average molecular weight is 696 g/mol. The summed E-state index contributed by atoms with van der Waals surface area (Å²) in [6, 6.07) is 16.0. The highest BCUT2D eigenvalue weighted by Gasteiger charge is 2.32. The fourth-order valence-corrected chi connectivity index (χ4v) is 5.77. The molecule has 5 rings (SSSR count). The molecule has 2 aromatic heterocycles. The molecule has 1 aliphatic rings. The second kappa shape index (κ2) is 16.4. The number of halogens is 4. The number of fused-ring (bicyclic) bond motifs is 1. The Hall–Kier alpha value is -5.24. The van der Waals surface area contributed by atoms with E-state index in [1.807, 2.05) is 0 Å². The van der Waals surface area contributed by atoms with E-state index in [1.165, 1.54) is 36.1 Å². The van der Waals surface area contributed by atoms with E-state index in [2.05, 4.69) is 15.4 Å². The Labute approximate surface area is 286 Å². The van der Waals surface area contributed by atoms with Gasteiger partial charge in [0.15, 0.2) is 6.23 Å². The summed E-state index contributed by atoms with van der Waals surface area (Å²) in [7, 11) is 1.49. The summed E-state index contributed by atoms with van der Waals surface area (Å²) in [5.74, 6) is -0.928. The van der Waals surface area contributed by atoms with Gasteiger partial charge >= 0.3 is 12.3 Å². The highest BCUT2D eigenvalue weighted by molar-refractivity contribution is 6.00. The molecule has 0 saturated carbocycles. The molecule has 1 atom stereocenters. The molecule has 2 aromatic carbocycles. The van der Waals surface area contributed by atoms with Crippen LogP contribution >= 0.6 is 0 Å². The van der Waals surface area contributed by atoms with Crippen LogP contribution in [-0.2, 0) is 9.53 Å². The van der Waals surface area contributed by atoms with Gasteiger partial charge in [0, 0.05) is 38.0 Å². The van der Waals surface area contributed by atoms with Gasteiger partial charge in [0.1, 0.15) is 6.61 Å². The van der Waals surface area contributed by atoms with Gasteiger partial charge in [-0.25, -0.2) is 14.5 Å². The van der Waals surface area contributed by atoms with Gasteiger partial charge in [-0.1, -0.05) is 42.5 Å². The van der Waals surface area contributed by atoms with E-state index in [-0.39, 0.29) is 48.0 Å². The fraction of sp³-hybridized carbons (Fsp3) is 0.333. The maximum absolute atomic E-state index is 15.3. The molecular formula is C36H37F4N5O5. The van der Waals surface area contributed by atoms with Crippen LogP contribution < -0.4 is 10.1 Å². The Morgan fingerprint density at radius 1 is 1.08 bits per heavy atom. The molecule has 4 aromatic rings. The summed E-state index contributed by atoms with van der Waals surface area (Å²) in [6.07, 6.45) is -0.397. The minimum Gasteiger partial charge on any atom is -0.476 e. The molecule has 0 aliphatic carbocycles. The first-order chi connectivity index (χ1) is 24.0. The first kappa shape index (κ1) is 36.1. The van der Waals surface area contributed by atoms with E-state index in [1.54, 1.807) is 54.6 Å². The predicted octanol–water partition coefficient (Wildman–Crippen LogP) is 7.23. The molecule has 3 heterocycles. The van der Waals surface area contributed by atoms with E-state index >= 15 is 4.39 Å². The fourth-order valence-electron chi connectivity index (χ4n) is 5.77. The first-order valence-corrected chi connectivity index (χ1v) is 16.1. The molecule has 2 N–H and O–H groups in total. The normalized spacial score (nSPS) is 15.6. The number of hydrogen-bond donors (Lipinski definition) is 2. The maximum Gasteiger partial charge on any atom is 0.407 e. The number of pyridine rings is 1. The van der Waals surface area contributed by atoms with E-state index in [4.69, 9.17) is 9.47 Å². The van der Waals surface area contributed by atoms with Crippen molar-refractivity contribution in [3.05, 3.63) is 102 Å². The molecule has 14 heteroatoms. The van der Waals surface area contributed by atoms with Gasteiger partial charge in [0.25, 0.3) is 0 Å². The second-order valence-corrected chi connectivity index (χ2v) is 11.6. The van der Waals surface area contributed by atoms with Crippen molar-refractivity contribution in [3.63, 3.8) is 0 Å². The lowest BCUT2D eigenvalue weighted by atomic mass is 9.88. The highest BCUT2D eigenvalue weighted by atomic mass is 19.4. The lowest BCUT2D eigenvalue weighted by Crippen LogP contribution is -2.34. The van der Waals surface area contributed by atoms with Crippen LogP contribution in [-0.4, -0.2) is 76.3 Å². The van der Waals surface area contributed by atoms with Gasteiger partial charge in [-0.2, -0.15) is 17.6 Å². The van der Waals surface area contributed by atoms with Crippen LogP contribution in [0.3, 0.4) is 0 Å². The van der Waals surface area contributed by atoms with E-state index in [0.29, 0.717) is 41.7 Å². The Morgan fingerprint density at radius 3 is 2.52 bits per heavy atom. The number of amides is 2. The number of likely N-dealkylation sites (N-methyl/N-ethyl adjacent to an activating group) is 1. The molecule has 1 unspecified atom stereocenters. The average Bonchev–Trinajstić information content (AvgIpc) is 3.45. The molecule has 1 aliphatic heterocycles. The number of hydrogen-bond acceptors (Lipinski definition) is 6. The van der Waals surface area contributed by atoms with Crippen molar-refractivity contribution in [1.29, 1.82) is 0 Å².